The van der Waals surface area contributed by atoms with Gasteiger partial charge in [-0.3, -0.25) is 0 Å². The second kappa shape index (κ2) is 7.90. The maximum atomic E-state index is 8.70. The molecule has 0 amide bonds. The molecule has 0 saturated carbocycles. The Balaban J connectivity index is 2.04. The SMILES string of the molecule is CCCCCc1ccc(-c2ccc([Se]C#N)cc2)cc1. The minimum absolute atomic E-state index is 0.0539. The molecule has 0 atom stereocenters. The molecule has 1 nitrogen and oxygen atoms in total. The van der Waals surface area contributed by atoms with Crippen LogP contribution in [0, 0.1) is 10.2 Å². The summed E-state index contributed by atoms with van der Waals surface area (Å²) in [5.74, 6) is 0. The maximum absolute atomic E-state index is 8.70. The Morgan fingerprint density at radius 2 is 1.50 bits per heavy atom. The van der Waals surface area contributed by atoms with Gasteiger partial charge in [0.1, 0.15) is 0 Å². The molecular formula is C18H19NSe. The zero-order valence-electron chi connectivity index (χ0n) is 11.8. The molecule has 2 heteroatoms. The summed E-state index contributed by atoms with van der Waals surface area (Å²) >= 11 is -0.0539. The molecular weight excluding hydrogens is 309 g/mol. The predicted molar refractivity (Wildman–Crippen MR) is 86.1 cm³/mol. The second-order valence-electron chi connectivity index (χ2n) is 4.87. The van der Waals surface area contributed by atoms with Crippen LogP contribution in [0.15, 0.2) is 48.5 Å². The summed E-state index contributed by atoms with van der Waals surface area (Å²) in [6.45, 7) is 2.24. The van der Waals surface area contributed by atoms with Crippen molar-refractivity contribution in [3.8, 4) is 16.1 Å². The zero-order valence-corrected chi connectivity index (χ0v) is 13.5. The van der Waals surface area contributed by atoms with E-state index in [0.29, 0.717) is 0 Å². The van der Waals surface area contributed by atoms with Crippen LogP contribution in [0.3, 0.4) is 0 Å². The topological polar surface area (TPSA) is 23.8 Å². The van der Waals surface area contributed by atoms with Gasteiger partial charge in [0.05, 0.1) is 0 Å². The van der Waals surface area contributed by atoms with E-state index in [-0.39, 0.29) is 15.0 Å². The van der Waals surface area contributed by atoms with Gasteiger partial charge in [0, 0.05) is 0 Å². The van der Waals surface area contributed by atoms with E-state index in [0.717, 1.165) is 4.46 Å². The Hall–Kier alpha value is -1.55. The molecule has 0 fully saturated rings. The van der Waals surface area contributed by atoms with E-state index < -0.39 is 0 Å². The fourth-order valence-corrected chi connectivity index (χ4v) is 3.00. The van der Waals surface area contributed by atoms with Crippen LogP contribution in [-0.2, 0) is 6.42 Å². The van der Waals surface area contributed by atoms with Crippen LogP contribution in [-0.4, -0.2) is 15.0 Å². The van der Waals surface area contributed by atoms with E-state index in [1.54, 1.807) is 0 Å². The van der Waals surface area contributed by atoms with E-state index in [2.05, 4.69) is 60.4 Å². The van der Waals surface area contributed by atoms with Gasteiger partial charge in [-0.05, 0) is 0 Å². The van der Waals surface area contributed by atoms with E-state index >= 15 is 0 Å². The molecule has 0 N–H and O–H groups in total. The molecule has 0 heterocycles. The third-order valence-corrected chi connectivity index (χ3v) is 4.63. The van der Waals surface area contributed by atoms with Crippen LogP contribution in [0.25, 0.3) is 11.1 Å². The van der Waals surface area contributed by atoms with Crippen molar-refractivity contribution in [2.24, 2.45) is 0 Å². The normalized spacial score (nSPS) is 10.2. The number of nitrogens with zero attached hydrogens (tertiary/aromatic N) is 1. The van der Waals surface area contributed by atoms with Crippen molar-refractivity contribution in [3.05, 3.63) is 54.1 Å². The van der Waals surface area contributed by atoms with Crippen LogP contribution < -0.4 is 4.46 Å². The van der Waals surface area contributed by atoms with E-state index in [1.807, 2.05) is 0 Å². The van der Waals surface area contributed by atoms with Gasteiger partial charge in [0.15, 0.2) is 0 Å². The quantitative estimate of drug-likeness (QED) is 0.583. The number of hydrogen-bond acceptors (Lipinski definition) is 1. The monoisotopic (exact) mass is 329 g/mol. The summed E-state index contributed by atoms with van der Waals surface area (Å²) in [4.78, 5) is 2.24. The zero-order chi connectivity index (χ0) is 14.2. The average Bonchev–Trinajstić information content (AvgIpc) is 2.49. The minimum atomic E-state index is -0.0539. The third-order valence-electron chi connectivity index (χ3n) is 3.37. The summed E-state index contributed by atoms with van der Waals surface area (Å²) in [6, 6.07) is 17.2. The Bertz CT molecular complexity index is 564. The molecule has 2 aromatic rings. The Labute approximate surface area is 127 Å². The van der Waals surface area contributed by atoms with Crippen molar-refractivity contribution < 1.29 is 0 Å². The van der Waals surface area contributed by atoms with Gasteiger partial charge >= 0.3 is 121 Å². The van der Waals surface area contributed by atoms with Crippen molar-refractivity contribution in [2.45, 2.75) is 32.6 Å². The molecule has 0 aromatic heterocycles. The van der Waals surface area contributed by atoms with Crippen LogP contribution in [0.1, 0.15) is 31.7 Å². The van der Waals surface area contributed by atoms with Crippen molar-refractivity contribution in [3.63, 3.8) is 0 Å². The van der Waals surface area contributed by atoms with Crippen molar-refractivity contribution >= 4 is 19.4 Å². The molecule has 0 unspecified atom stereocenters. The first-order chi connectivity index (χ1) is 9.83. The summed E-state index contributed by atoms with van der Waals surface area (Å²) in [7, 11) is 0. The number of rotatable bonds is 6. The Morgan fingerprint density at radius 1 is 0.900 bits per heavy atom. The average molecular weight is 328 g/mol. The van der Waals surface area contributed by atoms with Crippen LogP contribution in [0.2, 0.25) is 0 Å². The molecule has 0 radical (unpaired) electrons. The van der Waals surface area contributed by atoms with Gasteiger partial charge in [-0.1, -0.05) is 6.92 Å². The van der Waals surface area contributed by atoms with Crippen LogP contribution in [0.4, 0.5) is 0 Å². The van der Waals surface area contributed by atoms with Crippen molar-refractivity contribution in [1.29, 1.82) is 5.26 Å². The number of nitriles is 1. The van der Waals surface area contributed by atoms with Crippen LogP contribution >= 0.6 is 0 Å². The predicted octanol–water partition coefficient (Wildman–Crippen LogP) is 3.90. The number of hydrogen-bond donors (Lipinski definition) is 0. The summed E-state index contributed by atoms with van der Waals surface area (Å²) in [5.41, 5.74) is 3.90. The third kappa shape index (κ3) is 4.23. The molecule has 0 spiro atoms. The molecule has 2 aromatic carbocycles. The fraction of sp³-hybridized carbons (Fsp3) is 0.278. The molecule has 0 bridgehead atoms. The Kier molecular flexibility index (Phi) is 5.86. The van der Waals surface area contributed by atoms with Gasteiger partial charge in [0.25, 0.3) is 0 Å². The van der Waals surface area contributed by atoms with Gasteiger partial charge in [-0.2, -0.15) is 0 Å². The van der Waals surface area contributed by atoms with Gasteiger partial charge in [-0.25, -0.2) is 0 Å². The summed E-state index contributed by atoms with van der Waals surface area (Å²) < 4.78 is 1.14. The van der Waals surface area contributed by atoms with Crippen LogP contribution in [0.5, 0.6) is 0 Å². The van der Waals surface area contributed by atoms with Gasteiger partial charge in [-0.15, -0.1) is 0 Å². The van der Waals surface area contributed by atoms with Gasteiger partial charge < -0.3 is 0 Å². The molecule has 0 aliphatic carbocycles. The first-order valence-corrected chi connectivity index (χ1v) is 8.80. The summed E-state index contributed by atoms with van der Waals surface area (Å²) in [5, 5.41) is 8.70. The summed E-state index contributed by atoms with van der Waals surface area (Å²) in [6.07, 6.45) is 5.04. The first-order valence-electron chi connectivity index (χ1n) is 7.09. The van der Waals surface area contributed by atoms with E-state index in [1.165, 1.54) is 42.4 Å². The molecule has 0 aliphatic heterocycles. The van der Waals surface area contributed by atoms with E-state index in [9.17, 15) is 0 Å². The molecule has 102 valence electrons. The first kappa shape index (κ1) is 14.9. The standard InChI is InChI=1S/C18H19NSe/c1-2-3-4-5-15-6-8-16(9-7-15)17-10-12-18(13-11-17)20-14-19/h6-13H,2-5H2,1H3. The van der Waals surface area contributed by atoms with E-state index in [4.69, 9.17) is 5.26 Å². The molecule has 0 saturated heterocycles. The Morgan fingerprint density at radius 3 is 2.05 bits per heavy atom. The number of benzene rings is 2. The molecule has 0 aliphatic rings. The fourth-order valence-electron chi connectivity index (χ4n) is 2.21. The van der Waals surface area contributed by atoms with Gasteiger partial charge in [0.2, 0.25) is 0 Å². The van der Waals surface area contributed by atoms with Crippen molar-refractivity contribution in [1.82, 2.24) is 0 Å². The number of unbranched alkanes of at least 4 members (excludes halogenated alkanes) is 2. The second-order valence-corrected chi connectivity index (χ2v) is 6.67. The van der Waals surface area contributed by atoms with Crippen molar-refractivity contribution in [2.75, 3.05) is 0 Å². The molecule has 20 heavy (non-hydrogen) atoms. The number of aryl methyl sites for hydroxylation is 1. The molecule has 2 rings (SSSR count).